The molecule has 0 radical (unpaired) electrons. The largest absolute Gasteiger partial charge is 0.359 e. The van der Waals surface area contributed by atoms with Crippen molar-refractivity contribution in [2.45, 2.75) is 97.8 Å². The van der Waals surface area contributed by atoms with Crippen molar-refractivity contribution < 1.29 is 9.37 Å². The summed E-state index contributed by atoms with van der Waals surface area (Å²) in [6.45, 7) is 13.7. The number of carbonyl (C=O) groups is 1. The molecule has 0 atom stereocenters. The quantitative estimate of drug-likeness (QED) is 0.0810. The summed E-state index contributed by atoms with van der Waals surface area (Å²) >= 11 is 0. The Kier molecular flexibility index (Phi) is 12.4. The van der Waals surface area contributed by atoms with Crippen molar-refractivity contribution in [3.8, 4) is 0 Å². The predicted molar refractivity (Wildman–Crippen MR) is 225 cm³/mol. The van der Waals surface area contributed by atoms with E-state index in [-0.39, 0.29) is 24.2 Å². The van der Waals surface area contributed by atoms with Crippen LogP contribution in [0.5, 0.6) is 0 Å². The van der Waals surface area contributed by atoms with Gasteiger partial charge in [0.25, 0.3) is 0 Å². The standard InChI is InChI=1S/C47H55N3O.CH4/c1-7-8-20-33-49-39-31-29-35-22-16-18-24-37(35)44(39)46(2,3)41(49)26-13-10-9-11-14-27-42-47(4,5)45-38-25-19-17-23-36(38)30-32-40(45)50(42)34-21-12-15-28-43(51)48-6;/h9-11,13-14,16-19,22-27,29-32H,7-8,12,15,20-21,28,33-34H2,1-6H3;1H4/p+1. The fourth-order valence-corrected chi connectivity index (χ4v) is 8.42. The Morgan fingerprint density at radius 2 is 1.38 bits per heavy atom. The second kappa shape index (κ2) is 16.8. The van der Waals surface area contributed by atoms with Crippen LogP contribution in [-0.4, -0.2) is 36.3 Å². The molecule has 0 bridgehead atoms. The van der Waals surface area contributed by atoms with Crippen molar-refractivity contribution in [3.63, 3.8) is 0 Å². The molecule has 4 aromatic rings. The number of rotatable bonds is 14. The van der Waals surface area contributed by atoms with Gasteiger partial charge in [0.15, 0.2) is 5.71 Å². The van der Waals surface area contributed by atoms with Gasteiger partial charge < -0.3 is 10.2 Å². The molecule has 0 fully saturated rings. The number of allylic oxidation sites excluding steroid dienone is 8. The molecule has 0 saturated heterocycles. The van der Waals surface area contributed by atoms with Crippen LogP contribution in [0.3, 0.4) is 0 Å². The first kappa shape index (κ1) is 38.5. The molecule has 2 aliphatic rings. The third-order valence-electron chi connectivity index (χ3n) is 11.0. The third-order valence-corrected chi connectivity index (χ3v) is 11.0. The molecule has 0 saturated carbocycles. The number of hydrogen-bond donors (Lipinski definition) is 1. The molecule has 1 N–H and O–H groups in total. The van der Waals surface area contributed by atoms with Crippen molar-refractivity contribution in [1.82, 2.24) is 5.32 Å². The maximum absolute atomic E-state index is 11.8. The van der Waals surface area contributed by atoms with Gasteiger partial charge in [0.1, 0.15) is 6.54 Å². The zero-order valence-corrected chi connectivity index (χ0v) is 31.6. The summed E-state index contributed by atoms with van der Waals surface area (Å²) in [4.78, 5) is 14.3. The molecule has 2 aliphatic heterocycles. The maximum Gasteiger partial charge on any atom is 0.219 e. The van der Waals surface area contributed by atoms with Crippen LogP contribution in [0.15, 0.2) is 121 Å². The monoisotopic (exact) mass is 694 g/mol. The minimum absolute atomic E-state index is 0. The van der Waals surface area contributed by atoms with Crippen LogP contribution in [0.25, 0.3) is 21.5 Å². The van der Waals surface area contributed by atoms with Crippen molar-refractivity contribution in [3.05, 3.63) is 132 Å². The lowest BCUT2D eigenvalue weighted by molar-refractivity contribution is -0.438. The van der Waals surface area contributed by atoms with Gasteiger partial charge >= 0.3 is 0 Å². The number of benzene rings is 4. The fraction of sp³-hybridized carbons (Fsp3) is 0.375. The summed E-state index contributed by atoms with van der Waals surface area (Å²) in [7, 11) is 1.71. The summed E-state index contributed by atoms with van der Waals surface area (Å²) in [6, 6.07) is 26.7. The van der Waals surface area contributed by atoms with Crippen LogP contribution in [0.2, 0.25) is 0 Å². The van der Waals surface area contributed by atoms with Gasteiger partial charge in [-0.2, -0.15) is 4.58 Å². The van der Waals surface area contributed by atoms with Crippen LogP contribution < -0.4 is 10.2 Å². The average molecular weight is 695 g/mol. The molecule has 0 unspecified atom stereocenters. The molecular formula is C48H60N3O+. The predicted octanol–water partition coefficient (Wildman–Crippen LogP) is 11.9. The van der Waals surface area contributed by atoms with Crippen LogP contribution in [0.1, 0.15) is 98.1 Å². The van der Waals surface area contributed by atoms with Gasteiger partial charge in [0.05, 0.1) is 5.41 Å². The number of nitrogens with zero attached hydrogens (tertiary/aromatic N) is 2. The SMILES string of the molecule is C.CCCCC[N+]1=C(C=CC=CC=CC=C2N(CCCCCC(=O)NC)c3ccc4ccccc4c3C2(C)C)C(C)(C)c2c1ccc1ccccc21. The smallest absolute Gasteiger partial charge is 0.219 e. The number of nitrogens with one attached hydrogen (secondary N) is 1. The topological polar surface area (TPSA) is 35.4 Å². The highest BCUT2D eigenvalue weighted by molar-refractivity contribution is 6.07. The van der Waals surface area contributed by atoms with Crippen LogP contribution in [-0.2, 0) is 15.6 Å². The van der Waals surface area contributed by atoms with Crippen molar-refractivity contribution in [2.75, 3.05) is 25.0 Å². The first-order chi connectivity index (χ1) is 24.7. The number of amides is 1. The minimum Gasteiger partial charge on any atom is -0.359 e. The van der Waals surface area contributed by atoms with E-state index in [2.05, 4.69) is 165 Å². The average Bonchev–Trinajstić information content (AvgIpc) is 3.49. The normalized spacial score (nSPS) is 16.9. The summed E-state index contributed by atoms with van der Waals surface area (Å²) in [5.41, 5.74) is 7.95. The van der Waals surface area contributed by atoms with Gasteiger partial charge in [-0.3, -0.25) is 4.79 Å². The Morgan fingerprint density at radius 3 is 2.10 bits per heavy atom. The lowest BCUT2D eigenvalue weighted by Gasteiger charge is -2.27. The second-order valence-electron chi connectivity index (χ2n) is 15.2. The highest BCUT2D eigenvalue weighted by atomic mass is 16.1. The van der Waals surface area contributed by atoms with E-state index in [1.54, 1.807) is 7.05 Å². The Balaban J connectivity index is 0.00000523. The molecule has 272 valence electrons. The van der Waals surface area contributed by atoms with E-state index < -0.39 is 0 Å². The molecule has 4 heteroatoms. The third kappa shape index (κ3) is 7.58. The maximum atomic E-state index is 11.8. The van der Waals surface area contributed by atoms with Gasteiger partial charge in [-0.05, 0) is 78.4 Å². The number of unbranched alkanes of at least 4 members (excludes halogenated alkanes) is 4. The molecule has 1 amide bonds. The number of carbonyl (C=O) groups excluding carboxylic acids is 1. The van der Waals surface area contributed by atoms with Crippen molar-refractivity contribution in [2.24, 2.45) is 0 Å². The first-order valence-corrected chi connectivity index (χ1v) is 19.1. The highest BCUT2D eigenvalue weighted by Gasteiger charge is 2.45. The Bertz CT molecular complexity index is 2050. The zero-order chi connectivity index (χ0) is 36.0. The Labute approximate surface area is 313 Å². The molecule has 0 aliphatic carbocycles. The molecule has 52 heavy (non-hydrogen) atoms. The van der Waals surface area contributed by atoms with Gasteiger partial charge in [-0.25, -0.2) is 0 Å². The number of anilines is 1. The highest BCUT2D eigenvalue weighted by Crippen LogP contribution is 2.51. The van der Waals surface area contributed by atoms with Gasteiger partial charge in [-0.1, -0.05) is 126 Å². The Morgan fingerprint density at radius 1 is 0.731 bits per heavy atom. The van der Waals surface area contributed by atoms with E-state index in [4.69, 9.17) is 0 Å². The van der Waals surface area contributed by atoms with Gasteiger partial charge in [0, 0.05) is 60.9 Å². The lowest BCUT2D eigenvalue weighted by atomic mass is 9.79. The zero-order valence-electron chi connectivity index (χ0n) is 31.6. The van der Waals surface area contributed by atoms with E-state index in [9.17, 15) is 4.79 Å². The molecule has 0 spiro atoms. The molecular weight excluding hydrogens is 635 g/mol. The van der Waals surface area contributed by atoms with Gasteiger partial charge in [-0.15, -0.1) is 0 Å². The fourth-order valence-electron chi connectivity index (χ4n) is 8.42. The van der Waals surface area contributed by atoms with E-state index in [1.165, 1.54) is 74.7 Å². The first-order valence-electron chi connectivity index (χ1n) is 19.1. The van der Waals surface area contributed by atoms with E-state index in [0.29, 0.717) is 6.42 Å². The molecule has 6 rings (SSSR count). The summed E-state index contributed by atoms with van der Waals surface area (Å²) in [6.07, 6.45) is 22.7. The van der Waals surface area contributed by atoms with E-state index >= 15 is 0 Å². The summed E-state index contributed by atoms with van der Waals surface area (Å²) in [5.74, 6) is 0.122. The van der Waals surface area contributed by atoms with E-state index in [0.717, 1.165) is 32.4 Å². The summed E-state index contributed by atoms with van der Waals surface area (Å²) in [5, 5.41) is 8.02. The molecule has 2 heterocycles. The van der Waals surface area contributed by atoms with Crippen LogP contribution >= 0.6 is 0 Å². The minimum atomic E-state index is -0.142. The van der Waals surface area contributed by atoms with Crippen molar-refractivity contribution >= 4 is 44.5 Å². The number of fused-ring (bicyclic) bond motifs is 6. The summed E-state index contributed by atoms with van der Waals surface area (Å²) < 4.78 is 2.57. The van der Waals surface area contributed by atoms with E-state index in [1.807, 2.05) is 0 Å². The van der Waals surface area contributed by atoms with Gasteiger partial charge in [0.2, 0.25) is 11.6 Å². The molecule has 0 aromatic heterocycles. The molecule has 4 nitrogen and oxygen atoms in total. The second-order valence-corrected chi connectivity index (χ2v) is 15.2. The van der Waals surface area contributed by atoms with Crippen LogP contribution in [0.4, 0.5) is 11.4 Å². The lowest BCUT2D eigenvalue weighted by Crippen LogP contribution is -2.28. The van der Waals surface area contributed by atoms with Crippen LogP contribution in [0, 0.1) is 0 Å². The Hall–Kier alpha value is -4.70. The number of hydrogen-bond acceptors (Lipinski definition) is 2. The molecule has 4 aromatic carbocycles. The van der Waals surface area contributed by atoms with Crippen molar-refractivity contribution in [1.29, 1.82) is 0 Å².